The maximum atomic E-state index is 3.73. The van der Waals surface area contributed by atoms with Crippen LogP contribution < -0.4 is 5.32 Å². The van der Waals surface area contributed by atoms with E-state index in [1.165, 1.54) is 0 Å². The van der Waals surface area contributed by atoms with Gasteiger partial charge in [0.15, 0.2) is 0 Å². The highest BCUT2D eigenvalue weighted by molar-refractivity contribution is 8.03. The highest BCUT2D eigenvalue weighted by Crippen LogP contribution is 2.12. The van der Waals surface area contributed by atoms with Crippen LogP contribution >= 0.6 is 11.8 Å². The van der Waals surface area contributed by atoms with Crippen molar-refractivity contribution in [1.82, 2.24) is 5.32 Å². The van der Waals surface area contributed by atoms with Crippen molar-refractivity contribution >= 4 is 11.8 Å². The molecule has 0 aromatic carbocycles. The summed E-state index contributed by atoms with van der Waals surface area (Å²) < 4.78 is 0. The van der Waals surface area contributed by atoms with Gasteiger partial charge in [-0.1, -0.05) is 0 Å². The minimum atomic E-state index is 0.352. The highest BCUT2D eigenvalue weighted by Gasteiger charge is 1.98. The van der Waals surface area contributed by atoms with Gasteiger partial charge in [0, 0.05) is 6.20 Å². The predicted octanol–water partition coefficient (Wildman–Crippen LogP) is 0.954. The van der Waals surface area contributed by atoms with Crippen molar-refractivity contribution in [1.29, 1.82) is 0 Å². The summed E-state index contributed by atoms with van der Waals surface area (Å²) in [6, 6.07) is 0. The first-order valence-electron chi connectivity index (χ1n) is 1.79. The second-order valence-corrected chi connectivity index (χ2v) is 2.21. The van der Waals surface area contributed by atoms with E-state index in [9.17, 15) is 0 Å². The second-order valence-electron chi connectivity index (χ2n) is 1.09. The number of rotatable bonds is 0. The number of hydrogen-bond donors (Lipinski definition) is 1. The van der Waals surface area contributed by atoms with Crippen LogP contribution in [-0.2, 0) is 0 Å². The third-order valence-corrected chi connectivity index (χ3v) is 1.35. The summed E-state index contributed by atoms with van der Waals surface area (Å²) in [6.07, 6.45) is 1.91. The van der Waals surface area contributed by atoms with Gasteiger partial charge in [-0.2, -0.15) is 0 Å². The fraction of sp³-hybridized carbons (Fsp3) is 0.250. The van der Waals surface area contributed by atoms with Gasteiger partial charge >= 0.3 is 0 Å². The minimum Gasteiger partial charge on any atom is -0.378 e. The Labute approximate surface area is 41.8 Å². The largest absolute Gasteiger partial charge is 0.378 e. The molecule has 0 bridgehead atoms. The van der Waals surface area contributed by atoms with Gasteiger partial charge in [0.25, 0.3) is 0 Å². The molecular formula is C4H6NS. The summed E-state index contributed by atoms with van der Waals surface area (Å²) >= 11 is 1.69. The van der Waals surface area contributed by atoms with Gasteiger partial charge in [-0.05, 0) is 12.3 Å². The number of thioether (sulfide) groups is 1. The van der Waals surface area contributed by atoms with E-state index in [4.69, 9.17) is 0 Å². The first-order valence-corrected chi connectivity index (χ1v) is 2.73. The van der Waals surface area contributed by atoms with E-state index in [1.54, 1.807) is 11.8 Å². The molecule has 0 aromatic rings. The van der Waals surface area contributed by atoms with Crippen LogP contribution in [0.1, 0.15) is 0 Å². The molecule has 1 nitrogen and oxygen atoms in total. The Kier molecular flexibility index (Phi) is 1.05. The number of hydrogen-bond acceptors (Lipinski definition) is 2. The Morgan fingerprint density at radius 2 is 2.67 bits per heavy atom. The van der Waals surface area contributed by atoms with Crippen LogP contribution in [-0.4, -0.2) is 5.37 Å². The second kappa shape index (κ2) is 1.56. The standard InChI is InChI=1S/C4H6NS/c1-4-5-2-3-6-4/h2-5H,1H2. The van der Waals surface area contributed by atoms with Gasteiger partial charge < -0.3 is 5.32 Å². The van der Waals surface area contributed by atoms with E-state index in [1.807, 2.05) is 11.6 Å². The van der Waals surface area contributed by atoms with Gasteiger partial charge in [-0.15, -0.1) is 11.8 Å². The molecule has 1 rings (SSSR count). The summed E-state index contributed by atoms with van der Waals surface area (Å²) in [7, 11) is 0. The maximum Gasteiger partial charge on any atom is 0.0759 e. The predicted molar refractivity (Wildman–Crippen MR) is 29.0 cm³/mol. The van der Waals surface area contributed by atoms with E-state index in [0.29, 0.717) is 5.37 Å². The molecule has 0 spiro atoms. The van der Waals surface area contributed by atoms with Crippen LogP contribution in [0, 0.1) is 6.92 Å². The third-order valence-electron chi connectivity index (χ3n) is 0.593. The van der Waals surface area contributed by atoms with Gasteiger partial charge in [-0.3, -0.25) is 0 Å². The molecule has 1 N–H and O–H groups in total. The van der Waals surface area contributed by atoms with E-state index in [0.717, 1.165) is 0 Å². The molecule has 1 atom stereocenters. The van der Waals surface area contributed by atoms with Crippen molar-refractivity contribution < 1.29 is 0 Å². The average Bonchev–Trinajstić information content (AvgIpc) is 1.86. The molecule has 1 aliphatic rings. The van der Waals surface area contributed by atoms with Crippen molar-refractivity contribution in [3.8, 4) is 0 Å². The van der Waals surface area contributed by atoms with Crippen molar-refractivity contribution in [3.63, 3.8) is 0 Å². The van der Waals surface area contributed by atoms with Gasteiger partial charge in [-0.25, -0.2) is 0 Å². The van der Waals surface area contributed by atoms with Crippen molar-refractivity contribution in [2.45, 2.75) is 5.37 Å². The molecule has 0 saturated carbocycles. The fourth-order valence-electron chi connectivity index (χ4n) is 0.320. The zero-order chi connectivity index (χ0) is 4.41. The van der Waals surface area contributed by atoms with Gasteiger partial charge in [0.05, 0.1) is 5.37 Å². The molecule has 0 aromatic heterocycles. The number of nitrogens with one attached hydrogen (secondary N) is 1. The quantitative estimate of drug-likeness (QED) is 0.486. The SMILES string of the molecule is [CH2]C1NC=CS1. The summed E-state index contributed by atoms with van der Waals surface area (Å²) in [5.41, 5.74) is 0. The van der Waals surface area contributed by atoms with Crippen molar-refractivity contribution in [2.75, 3.05) is 0 Å². The Morgan fingerprint density at radius 1 is 1.83 bits per heavy atom. The molecule has 0 aliphatic carbocycles. The highest BCUT2D eigenvalue weighted by atomic mass is 32.2. The van der Waals surface area contributed by atoms with Crippen LogP contribution in [0.2, 0.25) is 0 Å². The lowest BCUT2D eigenvalue weighted by Crippen LogP contribution is -2.09. The van der Waals surface area contributed by atoms with Crippen LogP contribution in [0.3, 0.4) is 0 Å². The molecule has 2 heteroatoms. The van der Waals surface area contributed by atoms with Crippen molar-refractivity contribution in [2.24, 2.45) is 0 Å². The van der Waals surface area contributed by atoms with Crippen LogP contribution in [0.5, 0.6) is 0 Å². The Bertz CT molecular complexity index is 61.9. The lowest BCUT2D eigenvalue weighted by molar-refractivity contribution is 0.943. The zero-order valence-corrected chi connectivity index (χ0v) is 4.16. The summed E-state index contributed by atoms with van der Waals surface area (Å²) in [5, 5.41) is 5.34. The molecule has 1 radical (unpaired) electrons. The van der Waals surface area contributed by atoms with Crippen LogP contribution in [0.4, 0.5) is 0 Å². The summed E-state index contributed by atoms with van der Waals surface area (Å²) in [6.45, 7) is 3.73. The molecule has 0 fully saturated rings. The fourth-order valence-corrected chi connectivity index (χ4v) is 0.824. The van der Waals surface area contributed by atoms with E-state index in [-0.39, 0.29) is 0 Å². The van der Waals surface area contributed by atoms with Gasteiger partial charge in [0.1, 0.15) is 0 Å². The van der Waals surface area contributed by atoms with E-state index in [2.05, 4.69) is 12.2 Å². The minimum absolute atomic E-state index is 0.352. The van der Waals surface area contributed by atoms with Crippen LogP contribution in [0.25, 0.3) is 0 Å². The summed E-state index contributed by atoms with van der Waals surface area (Å²) in [4.78, 5) is 0. The normalized spacial score (nSPS) is 30.5. The monoisotopic (exact) mass is 100 g/mol. The third kappa shape index (κ3) is 0.684. The smallest absolute Gasteiger partial charge is 0.0759 e. The molecule has 0 amide bonds. The Balaban J connectivity index is 2.32. The molecule has 1 heterocycles. The zero-order valence-electron chi connectivity index (χ0n) is 3.35. The lowest BCUT2D eigenvalue weighted by Gasteiger charge is -1.96. The van der Waals surface area contributed by atoms with Gasteiger partial charge in [0.2, 0.25) is 0 Å². The maximum absolute atomic E-state index is 3.73. The Morgan fingerprint density at radius 3 is 2.83 bits per heavy atom. The topological polar surface area (TPSA) is 12.0 Å². The first kappa shape index (κ1) is 4.06. The first-order chi connectivity index (χ1) is 2.89. The van der Waals surface area contributed by atoms with Crippen molar-refractivity contribution in [3.05, 3.63) is 18.5 Å². The summed E-state index contributed by atoms with van der Waals surface area (Å²) in [5.74, 6) is 0. The molecule has 1 aliphatic heterocycles. The molecular weight excluding hydrogens is 94.1 g/mol. The molecule has 0 saturated heterocycles. The average molecular weight is 100 g/mol. The molecule has 33 valence electrons. The van der Waals surface area contributed by atoms with Crippen LogP contribution in [0.15, 0.2) is 11.6 Å². The lowest BCUT2D eigenvalue weighted by atomic mass is 10.7. The Hall–Kier alpha value is -0.110. The molecule has 1 unspecified atom stereocenters. The molecule has 6 heavy (non-hydrogen) atoms. The van der Waals surface area contributed by atoms with E-state index < -0.39 is 0 Å². The van der Waals surface area contributed by atoms with E-state index >= 15 is 0 Å².